The molecule has 2 N–H and O–H groups in total. The number of sulfonamides is 1. The molecule has 1 atom stereocenters. The average Bonchev–Trinajstić information content (AvgIpc) is 2.76. The molecule has 0 bridgehead atoms. The van der Waals surface area contributed by atoms with E-state index in [2.05, 4.69) is 5.32 Å². The number of nitrogens with one attached hydrogen (secondary N) is 2. The second kappa shape index (κ2) is 11.2. The highest BCUT2D eigenvalue weighted by Gasteiger charge is 2.41. The van der Waals surface area contributed by atoms with Crippen molar-refractivity contribution >= 4 is 33.4 Å². The SMILES string of the molecule is CN(C)CC[C@H](CSc1ccc(F)cc1)Nc1c(F)cc(S(=O)(=O)NC(=O)C2(C)CCC2)cc1F. The van der Waals surface area contributed by atoms with Crippen LogP contribution in [0.25, 0.3) is 0 Å². The molecule has 1 amide bonds. The molecule has 2 aromatic rings. The van der Waals surface area contributed by atoms with Crippen LogP contribution in [0.5, 0.6) is 0 Å². The first-order chi connectivity index (χ1) is 16.4. The normalized spacial score (nSPS) is 16.0. The third kappa shape index (κ3) is 7.14. The standard InChI is InChI=1S/C24H30F3N3O3S2/c1-24(10-4-11-24)23(31)29-35(32,33)19-13-20(26)22(21(27)14-19)28-17(9-12-30(2)3)15-34-18-7-5-16(25)6-8-18/h5-8,13-14,17,28H,4,9-12,15H2,1-3H3,(H,29,31)/t17-/m1/s1. The molecule has 0 spiro atoms. The Bertz CT molecular complexity index is 1130. The number of thioether (sulfide) groups is 1. The highest BCUT2D eigenvalue weighted by Crippen LogP contribution is 2.40. The molecule has 1 aliphatic carbocycles. The van der Waals surface area contributed by atoms with Gasteiger partial charge in [0.2, 0.25) is 5.91 Å². The number of amides is 1. The summed E-state index contributed by atoms with van der Waals surface area (Å²) in [5.41, 5.74) is -1.22. The molecule has 1 aliphatic rings. The lowest BCUT2D eigenvalue weighted by atomic mass is 9.70. The minimum Gasteiger partial charge on any atom is -0.377 e. The molecule has 3 rings (SSSR count). The monoisotopic (exact) mass is 529 g/mol. The maximum Gasteiger partial charge on any atom is 0.264 e. The summed E-state index contributed by atoms with van der Waals surface area (Å²) in [6.45, 7) is 2.30. The van der Waals surface area contributed by atoms with Crippen LogP contribution in [0.1, 0.15) is 32.6 Å². The number of benzene rings is 2. The average molecular weight is 530 g/mol. The van der Waals surface area contributed by atoms with Gasteiger partial charge in [0.15, 0.2) is 11.6 Å². The Kier molecular flexibility index (Phi) is 8.76. The van der Waals surface area contributed by atoms with Gasteiger partial charge < -0.3 is 10.2 Å². The number of hydrogen-bond acceptors (Lipinski definition) is 6. The van der Waals surface area contributed by atoms with E-state index in [9.17, 15) is 26.4 Å². The topological polar surface area (TPSA) is 78.5 Å². The fourth-order valence-electron chi connectivity index (χ4n) is 3.62. The Morgan fingerprint density at radius 1 is 1.11 bits per heavy atom. The molecule has 11 heteroatoms. The first-order valence-corrected chi connectivity index (χ1v) is 13.7. The highest BCUT2D eigenvalue weighted by atomic mass is 32.2. The molecule has 0 aliphatic heterocycles. The van der Waals surface area contributed by atoms with Crippen LogP contribution in [0.3, 0.4) is 0 Å². The molecule has 0 radical (unpaired) electrons. The van der Waals surface area contributed by atoms with Crippen LogP contribution in [0, 0.1) is 22.9 Å². The minimum atomic E-state index is -4.43. The van der Waals surface area contributed by atoms with Gasteiger partial charge in [-0.3, -0.25) is 4.79 Å². The van der Waals surface area contributed by atoms with E-state index in [0.29, 0.717) is 43.7 Å². The van der Waals surface area contributed by atoms with Crippen LogP contribution < -0.4 is 10.0 Å². The van der Waals surface area contributed by atoms with Crippen LogP contribution in [0.4, 0.5) is 18.9 Å². The van der Waals surface area contributed by atoms with Crippen molar-refractivity contribution in [2.45, 2.75) is 48.4 Å². The Morgan fingerprint density at radius 2 is 1.71 bits per heavy atom. The molecule has 0 saturated heterocycles. The number of rotatable bonds is 11. The zero-order chi connectivity index (χ0) is 25.8. The third-order valence-electron chi connectivity index (χ3n) is 6.10. The second-order valence-electron chi connectivity index (χ2n) is 9.31. The minimum absolute atomic E-state index is 0.353. The predicted octanol–water partition coefficient (Wildman–Crippen LogP) is 4.62. The lowest BCUT2D eigenvalue weighted by Crippen LogP contribution is -2.45. The number of carbonyl (C=O) groups excluding carboxylic acids is 1. The van der Waals surface area contributed by atoms with Gasteiger partial charge in [-0.2, -0.15) is 0 Å². The van der Waals surface area contributed by atoms with Crippen molar-refractivity contribution in [1.29, 1.82) is 0 Å². The van der Waals surface area contributed by atoms with Gasteiger partial charge >= 0.3 is 0 Å². The van der Waals surface area contributed by atoms with E-state index in [1.807, 2.05) is 23.7 Å². The first-order valence-electron chi connectivity index (χ1n) is 11.3. The van der Waals surface area contributed by atoms with Gasteiger partial charge in [-0.15, -0.1) is 11.8 Å². The molecule has 1 saturated carbocycles. The predicted molar refractivity (Wildman–Crippen MR) is 131 cm³/mol. The van der Waals surface area contributed by atoms with Crippen molar-refractivity contribution in [1.82, 2.24) is 9.62 Å². The summed E-state index contributed by atoms with van der Waals surface area (Å²) in [6.07, 6.45) is 2.49. The van der Waals surface area contributed by atoms with Gasteiger partial charge in [0, 0.05) is 22.1 Å². The fraction of sp³-hybridized carbons (Fsp3) is 0.458. The molecule has 2 aromatic carbocycles. The van der Waals surface area contributed by atoms with Crippen LogP contribution >= 0.6 is 11.8 Å². The van der Waals surface area contributed by atoms with Crippen LogP contribution in [-0.2, 0) is 14.8 Å². The van der Waals surface area contributed by atoms with E-state index in [0.717, 1.165) is 11.3 Å². The van der Waals surface area contributed by atoms with Crippen molar-refractivity contribution < 1.29 is 26.4 Å². The van der Waals surface area contributed by atoms with Gasteiger partial charge in [0.05, 0.1) is 4.90 Å². The zero-order valence-electron chi connectivity index (χ0n) is 19.9. The Balaban J connectivity index is 1.75. The molecule has 0 heterocycles. The van der Waals surface area contributed by atoms with E-state index in [1.54, 1.807) is 19.1 Å². The van der Waals surface area contributed by atoms with Crippen LogP contribution in [0.15, 0.2) is 46.2 Å². The summed E-state index contributed by atoms with van der Waals surface area (Å²) in [7, 11) is -0.672. The van der Waals surface area contributed by atoms with E-state index in [-0.39, 0.29) is 11.9 Å². The zero-order valence-corrected chi connectivity index (χ0v) is 21.5. The van der Waals surface area contributed by atoms with E-state index >= 15 is 0 Å². The van der Waals surface area contributed by atoms with Crippen molar-refractivity contribution in [3.63, 3.8) is 0 Å². The summed E-state index contributed by atoms with van der Waals surface area (Å²) in [4.78, 5) is 14.4. The summed E-state index contributed by atoms with van der Waals surface area (Å²) in [5.74, 6) is -2.74. The fourth-order valence-corrected chi connectivity index (χ4v) is 5.72. The molecule has 35 heavy (non-hydrogen) atoms. The first kappa shape index (κ1) is 27.3. The lowest BCUT2D eigenvalue weighted by Gasteiger charge is -2.36. The van der Waals surface area contributed by atoms with Gasteiger partial charge in [-0.25, -0.2) is 26.3 Å². The van der Waals surface area contributed by atoms with E-state index < -0.39 is 43.6 Å². The van der Waals surface area contributed by atoms with Crippen molar-refractivity contribution in [3.8, 4) is 0 Å². The lowest BCUT2D eigenvalue weighted by molar-refractivity contribution is -0.132. The highest BCUT2D eigenvalue weighted by molar-refractivity contribution is 7.99. The second-order valence-corrected chi connectivity index (χ2v) is 12.1. The number of anilines is 1. The van der Waals surface area contributed by atoms with E-state index in [1.165, 1.54) is 23.9 Å². The third-order valence-corrected chi connectivity index (χ3v) is 8.58. The van der Waals surface area contributed by atoms with Crippen LogP contribution in [-0.4, -0.2) is 51.7 Å². The molecule has 1 fully saturated rings. The summed E-state index contributed by atoms with van der Waals surface area (Å²) in [6, 6.07) is 6.99. The van der Waals surface area contributed by atoms with Crippen molar-refractivity contribution in [2.75, 3.05) is 31.7 Å². The van der Waals surface area contributed by atoms with Gasteiger partial charge in [0.25, 0.3) is 10.0 Å². The largest absolute Gasteiger partial charge is 0.377 e. The number of halogens is 3. The molecular weight excluding hydrogens is 499 g/mol. The smallest absolute Gasteiger partial charge is 0.264 e. The maximum absolute atomic E-state index is 14.9. The summed E-state index contributed by atoms with van der Waals surface area (Å²) < 4.78 is 70.2. The number of carbonyl (C=O) groups is 1. The van der Waals surface area contributed by atoms with Gasteiger partial charge in [0.1, 0.15) is 11.5 Å². The quantitative estimate of drug-likeness (QED) is 0.414. The number of hydrogen-bond donors (Lipinski definition) is 2. The van der Waals surface area contributed by atoms with Crippen molar-refractivity contribution in [3.05, 3.63) is 53.8 Å². The molecule has 0 aromatic heterocycles. The molecule has 192 valence electrons. The van der Waals surface area contributed by atoms with Gasteiger partial charge in [-0.05, 0) is 76.3 Å². The Labute approximate surface area is 208 Å². The van der Waals surface area contributed by atoms with Gasteiger partial charge in [-0.1, -0.05) is 13.3 Å². The number of nitrogens with zero attached hydrogens (tertiary/aromatic N) is 1. The van der Waals surface area contributed by atoms with Crippen molar-refractivity contribution in [2.24, 2.45) is 5.41 Å². The summed E-state index contributed by atoms with van der Waals surface area (Å²) >= 11 is 1.41. The Hall–Kier alpha value is -2.24. The molecular formula is C24H30F3N3O3S2. The molecule has 6 nitrogen and oxygen atoms in total. The van der Waals surface area contributed by atoms with Crippen LogP contribution in [0.2, 0.25) is 0 Å². The maximum atomic E-state index is 14.9. The summed E-state index contributed by atoms with van der Waals surface area (Å²) in [5, 5.41) is 2.86. The Morgan fingerprint density at radius 3 is 2.23 bits per heavy atom. The van der Waals surface area contributed by atoms with E-state index in [4.69, 9.17) is 0 Å². The molecule has 0 unspecified atom stereocenters.